The van der Waals surface area contributed by atoms with Crippen molar-refractivity contribution in [3.8, 4) is 0 Å². The lowest BCUT2D eigenvalue weighted by molar-refractivity contribution is -0.690. The Hall–Kier alpha value is -0.820. The van der Waals surface area contributed by atoms with Crippen molar-refractivity contribution in [1.29, 1.82) is 0 Å². The van der Waals surface area contributed by atoms with Gasteiger partial charge in [0.2, 0.25) is 0 Å². The zero-order valence-electron chi connectivity index (χ0n) is 20.1. The van der Waals surface area contributed by atoms with Crippen LogP contribution < -0.4 is 71.3 Å². The molecule has 0 heterocycles. The maximum absolute atomic E-state index is 3.90. The Morgan fingerprint density at radius 1 is 0.529 bits per heavy atom. The Bertz CT molecular complexity index is 841. The van der Waals surface area contributed by atoms with Gasteiger partial charge in [0, 0.05) is 37.7 Å². The molecule has 3 aromatic carbocycles. The molecule has 3 aromatic rings. The second kappa shape index (κ2) is 21.5. The van der Waals surface area contributed by atoms with E-state index in [2.05, 4.69) is 76.3 Å². The molecule has 194 valence electrons. The van der Waals surface area contributed by atoms with E-state index in [1.165, 1.54) is 91.9 Å². The Morgan fingerprint density at radius 3 is 1.50 bits per heavy atom. The summed E-state index contributed by atoms with van der Waals surface area (Å²) in [5.74, 6) is 0. The first-order chi connectivity index (χ1) is 14.9. The van der Waals surface area contributed by atoms with Crippen LogP contribution in [0.2, 0.25) is 0 Å². The molecule has 0 aliphatic carbocycles. The van der Waals surface area contributed by atoms with Gasteiger partial charge in [0.05, 0.1) is 39.3 Å². The highest BCUT2D eigenvalue weighted by Gasteiger charge is 2.08. The molecule has 9 N–H and O–H groups in total. The van der Waals surface area contributed by atoms with Gasteiger partial charge in [-0.2, -0.15) is 0 Å². The fraction of sp³-hybridized carbons (Fsp3) is 0.462. The summed E-state index contributed by atoms with van der Waals surface area (Å²) in [7, 11) is 0. The van der Waals surface area contributed by atoms with Crippen molar-refractivity contribution < 1.29 is 71.3 Å². The molecule has 0 bridgehead atoms. The summed E-state index contributed by atoms with van der Waals surface area (Å²) < 4.78 is 0. The maximum atomic E-state index is 3.90. The van der Waals surface area contributed by atoms with E-state index >= 15 is 0 Å². The number of hydrogen-bond donors (Lipinski definition) is 4. The van der Waals surface area contributed by atoms with Crippen molar-refractivity contribution in [2.45, 2.75) is 38.6 Å². The minimum absolute atomic E-state index is 0. The monoisotopic (exact) mass is 550 g/mol. The number of unbranched alkanes of at least 4 members (excludes halogenated alkanes) is 2. The van der Waals surface area contributed by atoms with Crippen LogP contribution >= 0.6 is 0 Å². The molecule has 0 spiro atoms. The lowest BCUT2D eigenvalue weighted by Crippen LogP contribution is -3.00. The third kappa shape index (κ3) is 11.7. The van der Waals surface area contributed by atoms with Gasteiger partial charge in [0.15, 0.2) is 0 Å². The van der Waals surface area contributed by atoms with Crippen LogP contribution in [0.1, 0.15) is 37.7 Å². The van der Waals surface area contributed by atoms with Crippen LogP contribution in [0, 0.1) is 0 Å². The van der Waals surface area contributed by atoms with Gasteiger partial charge in [0.1, 0.15) is 6.54 Å². The van der Waals surface area contributed by atoms with Gasteiger partial charge in [-0.05, 0) is 27.6 Å². The van der Waals surface area contributed by atoms with Crippen LogP contribution in [-0.4, -0.2) is 39.3 Å². The average Bonchev–Trinajstić information content (AvgIpc) is 2.78. The quantitative estimate of drug-likeness (QED) is 0.107. The fourth-order valence-corrected chi connectivity index (χ4v) is 4.31. The molecule has 4 nitrogen and oxygen atoms in total. The molecule has 8 heteroatoms. The van der Waals surface area contributed by atoms with Crippen LogP contribution in [0.15, 0.2) is 54.6 Å². The van der Waals surface area contributed by atoms with Crippen molar-refractivity contribution in [2.24, 2.45) is 0 Å². The number of rotatable bonds is 15. The van der Waals surface area contributed by atoms with Crippen LogP contribution in [0.25, 0.3) is 21.5 Å². The van der Waals surface area contributed by atoms with Crippen LogP contribution in [0.3, 0.4) is 0 Å². The minimum atomic E-state index is 0. The molecule has 3 rings (SSSR count). The van der Waals surface area contributed by atoms with E-state index in [0.29, 0.717) is 0 Å². The largest absolute Gasteiger partial charge is 1.00 e. The SMILES string of the molecule is [Cl-].[Cl-].[Cl-].[Cl-].[NH3+]CCCC[NH2+]CCCC[NH2+]CCC[NH2+]Cc1c2ccccc2cc2ccccc12. The van der Waals surface area contributed by atoms with Crippen molar-refractivity contribution in [3.05, 3.63) is 60.2 Å². The molecular weight excluding hydrogens is 510 g/mol. The molecule has 0 fully saturated rings. The zero-order chi connectivity index (χ0) is 20.9. The normalized spacial score (nSPS) is 10.1. The fourth-order valence-electron chi connectivity index (χ4n) is 4.31. The highest BCUT2D eigenvalue weighted by atomic mass is 35.5. The first-order valence-electron chi connectivity index (χ1n) is 12.0. The number of benzene rings is 3. The predicted octanol–water partition coefficient (Wildman–Crippen LogP) is -11.6. The van der Waals surface area contributed by atoms with E-state index < -0.39 is 0 Å². The Morgan fingerprint density at radius 2 is 0.971 bits per heavy atom. The molecule has 0 aromatic heterocycles. The molecular formula is C26H42Cl4N4. The molecule has 0 atom stereocenters. The third-order valence-corrected chi connectivity index (χ3v) is 6.02. The van der Waals surface area contributed by atoms with Crippen molar-refractivity contribution in [2.75, 3.05) is 39.3 Å². The molecule has 0 saturated heterocycles. The summed E-state index contributed by atoms with van der Waals surface area (Å²) in [4.78, 5) is 0. The van der Waals surface area contributed by atoms with Gasteiger partial charge in [-0.15, -0.1) is 0 Å². The van der Waals surface area contributed by atoms with E-state index in [-0.39, 0.29) is 49.6 Å². The molecule has 0 aliphatic rings. The number of halogens is 4. The first-order valence-corrected chi connectivity index (χ1v) is 12.0. The van der Waals surface area contributed by atoms with Gasteiger partial charge in [-0.3, -0.25) is 0 Å². The molecule has 0 unspecified atom stereocenters. The Balaban J connectivity index is 0. The smallest absolute Gasteiger partial charge is 0.102 e. The number of quaternary nitrogens is 4. The third-order valence-electron chi connectivity index (χ3n) is 6.02. The van der Waals surface area contributed by atoms with E-state index in [9.17, 15) is 0 Å². The standard InChI is InChI=1S/C26H38N4.4ClH/c27-14-5-6-15-28-16-7-8-17-29-18-9-19-30-21-26-24-12-3-1-10-22(24)20-23-11-2-4-13-25(23)26;;;;/h1-4,10-13,20,28-30H,5-9,14-19,21,27H2;4*1H. The van der Waals surface area contributed by atoms with Crippen LogP contribution in [-0.2, 0) is 6.54 Å². The van der Waals surface area contributed by atoms with Gasteiger partial charge in [-0.25, -0.2) is 0 Å². The van der Waals surface area contributed by atoms with E-state index in [1.54, 1.807) is 0 Å². The summed E-state index contributed by atoms with van der Waals surface area (Å²) in [6, 6.07) is 20.0. The molecule has 0 amide bonds. The molecule has 0 aliphatic heterocycles. The molecule has 34 heavy (non-hydrogen) atoms. The predicted molar refractivity (Wildman–Crippen MR) is 126 cm³/mol. The number of hydrogen-bond acceptors (Lipinski definition) is 0. The summed E-state index contributed by atoms with van der Waals surface area (Å²) in [6.07, 6.45) is 6.57. The molecule has 0 radical (unpaired) electrons. The molecule has 0 saturated carbocycles. The van der Waals surface area contributed by atoms with Crippen LogP contribution in [0.4, 0.5) is 0 Å². The summed E-state index contributed by atoms with van der Waals surface area (Å²) in [6.45, 7) is 8.44. The van der Waals surface area contributed by atoms with Gasteiger partial charge < -0.3 is 71.3 Å². The van der Waals surface area contributed by atoms with Crippen LogP contribution in [0.5, 0.6) is 0 Å². The number of fused-ring (bicyclic) bond motifs is 2. The highest BCUT2D eigenvalue weighted by Crippen LogP contribution is 2.27. The lowest BCUT2D eigenvalue weighted by Gasteiger charge is -2.11. The highest BCUT2D eigenvalue weighted by molar-refractivity contribution is 6.02. The maximum Gasteiger partial charge on any atom is 0.102 e. The van der Waals surface area contributed by atoms with E-state index in [1.807, 2.05) is 0 Å². The summed E-state index contributed by atoms with van der Waals surface area (Å²) >= 11 is 0. The second-order valence-corrected chi connectivity index (χ2v) is 8.43. The zero-order valence-corrected chi connectivity index (χ0v) is 23.2. The topological polar surface area (TPSA) is 77.5 Å². The number of nitrogens with two attached hydrogens (primary N) is 3. The van der Waals surface area contributed by atoms with Gasteiger partial charge >= 0.3 is 0 Å². The van der Waals surface area contributed by atoms with Gasteiger partial charge in [0.25, 0.3) is 0 Å². The second-order valence-electron chi connectivity index (χ2n) is 8.43. The summed E-state index contributed by atoms with van der Waals surface area (Å²) in [5.41, 5.74) is 5.38. The lowest BCUT2D eigenvalue weighted by atomic mass is 9.97. The summed E-state index contributed by atoms with van der Waals surface area (Å²) in [5, 5.41) is 13.0. The van der Waals surface area contributed by atoms with Crippen molar-refractivity contribution >= 4 is 21.5 Å². The van der Waals surface area contributed by atoms with E-state index in [0.717, 1.165) is 13.1 Å². The van der Waals surface area contributed by atoms with Crippen molar-refractivity contribution in [1.82, 2.24) is 0 Å². The van der Waals surface area contributed by atoms with Crippen molar-refractivity contribution in [3.63, 3.8) is 0 Å². The van der Waals surface area contributed by atoms with Gasteiger partial charge in [-0.1, -0.05) is 48.5 Å². The van der Waals surface area contributed by atoms with E-state index in [4.69, 9.17) is 0 Å². The Kier molecular flexibility index (Phi) is 22.3. The first kappa shape index (κ1) is 35.3. The Labute approximate surface area is 230 Å². The minimum Gasteiger partial charge on any atom is -1.00 e. The average molecular weight is 552 g/mol.